The number of rotatable bonds is 5. The Morgan fingerprint density at radius 2 is 1.97 bits per heavy atom. The highest BCUT2D eigenvalue weighted by molar-refractivity contribution is 9.11. The Balaban J connectivity index is 2.35. The Morgan fingerprint density at radius 1 is 1.28 bits per heavy atom. The molecule has 0 amide bonds. The van der Waals surface area contributed by atoms with Gasteiger partial charge in [0.05, 0.1) is 32.6 Å². The van der Waals surface area contributed by atoms with Crippen molar-refractivity contribution in [3.8, 4) is 0 Å². The maximum Gasteiger partial charge on any atom is 0.256 e. The van der Waals surface area contributed by atoms with Gasteiger partial charge in [-0.3, -0.25) is 9.79 Å². The summed E-state index contributed by atoms with van der Waals surface area (Å²) in [6.07, 6.45) is -2.58. The first-order valence-electron chi connectivity index (χ1n) is 8.52. The minimum absolute atomic E-state index is 0.000511. The number of fused-ring (bicyclic) bond motifs is 1. The van der Waals surface area contributed by atoms with Gasteiger partial charge < -0.3 is 9.13 Å². The average Bonchev–Trinajstić information content (AvgIpc) is 2.89. The summed E-state index contributed by atoms with van der Waals surface area (Å²) in [6.45, 7) is 1.66. The average molecular weight is 554 g/mol. The molecule has 0 bridgehead atoms. The zero-order valence-corrected chi connectivity index (χ0v) is 19.2. The minimum Gasteiger partial charge on any atom is -0.312 e. The molecule has 0 saturated heterocycles. The summed E-state index contributed by atoms with van der Waals surface area (Å²) in [5.74, 6) is -1.10. The second kappa shape index (κ2) is 8.65. The number of hydrogen-bond acceptors (Lipinski definition) is 2. The third kappa shape index (κ3) is 4.04. The van der Waals surface area contributed by atoms with Crippen LogP contribution in [0.2, 0.25) is 5.02 Å². The standard InChI is InChI=1S/C19H15Br2ClF3N3O/c1-3-26-19-27(2)17-13(28(19)8-14(24)25)7-11(20)15(16(17)21)18(29)10-6-9(23)4-5-12(10)22/h4-7,14H,3,8H2,1-2H3. The molecule has 29 heavy (non-hydrogen) atoms. The fourth-order valence-electron chi connectivity index (χ4n) is 3.18. The monoisotopic (exact) mass is 551 g/mol. The molecule has 1 aromatic heterocycles. The molecule has 0 radical (unpaired) electrons. The van der Waals surface area contributed by atoms with E-state index < -0.39 is 24.6 Å². The van der Waals surface area contributed by atoms with Gasteiger partial charge in [0, 0.05) is 23.6 Å². The molecular weight excluding hydrogens is 538 g/mol. The van der Waals surface area contributed by atoms with E-state index in [1.807, 2.05) is 0 Å². The van der Waals surface area contributed by atoms with Crippen LogP contribution in [0.5, 0.6) is 0 Å². The molecule has 10 heteroatoms. The van der Waals surface area contributed by atoms with Gasteiger partial charge in [-0.05, 0) is 63.0 Å². The Labute approximate surface area is 186 Å². The number of carbonyl (C=O) groups is 1. The summed E-state index contributed by atoms with van der Waals surface area (Å²) in [4.78, 5) is 17.5. The number of aryl methyl sites for hydroxylation is 1. The lowest BCUT2D eigenvalue weighted by atomic mass is 10.0. The van der Waals surface area contributed by atoms with Crippen molar-refractivity contribution < 1.29 is 18.0 Å². The molecule has 2 aromatic carbocycles. The van der Waals surface area contributed by atoms with Gasteiger partial charge in [-0.1, -0.05) is 11.6 Å². The number of alkyl halides is 2. The smallest absolute Gasteiger partial charge is 0.256 e. The van der Waals surface area contributed by atoms with Crippen LogP contribution in [0.25, 0.3) is 11.0 Å². The van der Waals surface area contributed by atoms with E-state index in [4.69, 9.17) is 11.6 Å². The molecule has 3 aromatic rings. The minimum atomic E-state index is -2.58. The van der Waals surface area contributed by atoms with E-state index >= 15 is 0 Å². The molecule has 4 nitrogen and oxygen atoms in total. The van der Waals surface area contributed by atoms with Crippen molar-refractivity contribution in [2.75, 3.05) is 6.54 Å². The van der Waals surface area contributed by atoms with E-state index in [9.17, 15) is 18.0 Å². The van der Waals surface area contributed by atoms with Crippen LogP contribution in [0.3, 0.4) is 0 Å². The molecule has 0 N–H and O–H groups in total. The van der Waals surface area contributed by atoms with E-state index in [1.165, 1.54) is 10.6 Å². The van der Waals surface area contributed by atoms with E-state index in [0.717, 1.165) is 12.1 Å². The fraction of sp³-hybridized carbons (Fsp3) is 0.263. The summed E-state index contributed by atoms with van der Waals surface area (Å²) in [5.41, 5.74) is 1.54. The van der Waals surface area contributed by atoms with Crippen LogP contribution < -0.4 is 5.62 Å². The molecule has 0 aliphatic rings. The molecule has 0 fully saturated rings. The predicted molar refractivity (Wildman–Crippen MR) is 113 cm³/mol. The van der Waals surface area contributed by atoms with Crippen molar-refractivity contribution in [2.24, 2.45) is 12.0 Å². The van der Waals surface area contributed by atoms with Crippen LogP contribution in [-0.4, -0.2) is 27.9 Å². The van der Waals surface area contributed by atoms with Crippen LogP contribution in [0.15, 0.2) is 38.2 Å². The highest BCUT2D eigenvalue weighted by atomic mass is 79.9. The SMILES string of the molecule is CCN=c1n(C)c2c(Br)c(C(=O)c3cc(F)ccc3Cl)c(Br)cc2n1CC(F)F. The van der Waals surface area contributed by atoms with Gasteiger partial charge >= 0.3 is 0 Å². The maximum atomic E-state index is 13.7. The third-order valence-corrected chi connectivity index (χ3v) is 6.09. The number of hydrogen-bond donors (Lipinski definition) is 0. The van der Waals surface area contributed by atoms with Gasteiger partial charge in [0.2, 0.25) is 5.62 Å². The van der Waals surface area contributed by atoms with E-state index in [0.29, 0.717) is 32.1 Å². The summed E-state index contributed by atoms with van der Waals surface area (Å²) in [7, 11) is 1.68. The van der Waals surface area contributed by atoms with Crippen LogP contribution in [0.1, 0.15) is 22.8 Å². The number of aromatic nitrogens is 2. The van der Waals surface area contributed by atoms with Gasteiger partial charge in [-0.15, -0.1) is 0 Å². The number of benzene rings is 2. The first kappa shape index (κ1) is 22.1. The van der Waals surface area contributed by atoms with Crippen LogP contribution >= 0.6 is 43.5 Å². The van der Waals surface area contributed by atoms with Crippen molar-refractivity contribution in [1.29, 1.82) is 0 Å². The zero-order chi connectivity index (χ0) is 21.5. The lowest BCUT2D eigenvalue weighted by Gasteiger charge is -2.11. The molecule has 0 aliphatic carbocycles. The van der Waals surface area contributed by atoms with Crippen molar-refractivity contribution in [1.82, 2.24) is 9.13 Å². The lowest BCUT2D eigenvalue weighted by Crippen LogP contribution is -2.27. The van der Waals surface area contributed by atoms with Gasteiger partial charge in [0.1, 0.15) is 5.82 Å². The molecule has 3 rings (SSSR count). The van der Waals surface area contributed by atoms with Crippen molar-refractivity contribution in [2.45, 2.75) is 19.9 Å². The Hall–Kier alpha value is -1.58. The normalized spacial score (nSPS) is 12.4. The largest absolute Gasteiger partial charge is 0.312 e. The molecule has 0 unspecified atom stereocenters. The first-order chi connectivity index (χ1) is 13.7. The quantitative estimate of drug-likeness (QED) is 0.373. The van der Waals surface area contributed by atoms with Gasteiger partial charge in [0.25, 0.3) is 6.43 Å². The van der Waals surface area contributed by atoms with Gasteiger partial charge in [-0.25, -0.2) is 13.2 Å². The van der Waals surface area contributed by atoms with E-state index in [2.05, 4.69) is 36.9 Å². The lowest BCUT2D eigenvalue weighted by molar-refractivity contribution is 0.103. The summed E-state index contributed by atoms with van der Waals surface area (Å²) < 4.78 is 43.8. The van der Waals surface area contributed by atoms with Gasteiger partial charge in [0.15, 0.2) is 5.78 Å². The van der Waals surface area contributed by atoms with E-state index in [1.54, 1.807) is 24.6 Å². The Kier molecular flexibility index (Phi) is 6.60. The molecule has 0 atom stereocenters. The zero-order valence-electron chi connectivity index (χ0n) is 15.3. The second-order valence-electron chi connectivity index (χ2n) is 6.20. The highest BCUT2D eigenvalue weighted by Gasteiger charge is 2.25. The first-order valence-corrected chi connectivity index (χ1v) is 10.5. The molecule has 0 aliphatic heterocycles. The summed E-state index contributed by atoms with van der Waals surface area (Å²) in [5, 5.41) is 0.108. The molecule has 154 valence electrons. The van der Waals surface area contributed by atoms with Crippen LogP contribution in [0.4, 0.5) is 13.2 Å². The number of ketones is 1. The Bertz CT molecular complexity index is 1190. The third-order valence-electron chi connectivity index (χ3n) is 4.36. The number of imidazole rings is 1. The molecule has 0 spiro atoms. The number of nitrogens with zero attached hydrogens (tertiary/aromatic N) is 3. The maximum absolute atomic E-state index is 13.7. The summed E-state index contributed by atoms with van der Waals surface area (Å²) in [6, 6.07) is 5.11. The van der Waals surface area contributed by atoms with Crippen molar-refractivity contribution >= 4 is 60.3 Å². The van der Waals surface area contributed by atoms with Crippen molar-refractivity contribution in [3.63, 3.8) is 0 Å². The molecular formula is C19H15Br2ClF3N3O. The number of halogens is 6. The highest BCUT2D eigenvalue weighted by Crippen LogP contribution is 2.36. The van der Waals surface area contributed by atoms with Crippen LogP contribution in [-0.2, 0) is 13.6 Å². The van der Waals surface area contributed by atoms with Gasteiger partial charge in [-0.2, -0.15) is 0 Å². The Morgan fingerprint density at radius 3 is 2.59 bits per heavy atom. The van der Waals surface area contributed by atoms with Crippen molar-refractivity contribution in [3.05, 3.63) is 60.8 Å². The predicted octanol–water partition coefficient (Wildman–Crippen LogP) is 5.71. The molecule has 0 saturated carbocycles. The topological polar surface area (TPSA) is 39.3 Å². The summed E-state index contributed by atoms with van der Waals surface area (Å²) >= 11 is 12.9. The van der Waals surface area contributed by atoms with E-state index in [-0.39, 0.29) is 16.1 Å². The molecule has 1 heterocycles. The fourth-order valence-corrected chi connectivity index (χ4v) is 5.10. The number of carbonyl (C=O) groups excluding carboxylic acids is 1. The second-order valence-corrected chi connectivity index (χ2v) is 8.26. The van der Waals surface area contributed by atoms with Crippen LogP contribution in [0, 0.1) is 5.82 Å².